The van der Waals surface area contributed by atoms with E-state index in [9.17, 15) is 9.50 Å². The van der Waals surface area contributed by atoms with Gasteiger partial charge in [0.25, 0.3) is 0 Å². The van der Waals surface area contributed by atoms with Crippen LogP contribution in [-0.2, 0) is 0 Å². The summed E-state index contributed by atoms with van der Waals surface area (Å²) < 4.78 is 13.8. The maximum absolute atomic E-state index is 13.8. The summed E-state index contributed by atoms with van der Waals surface area (Å²) >= 11 is 0. The smallest absolute Gasteiger partial charge is 0.131 e. The molecule has 1 aliphatic rings. The third-order valence-electron chi connectivity index (χ3n) is 3.86. The average molecular weight is 274 g/mol. The maximum atomic E-state index is 13.8. The topological polar surface area (TPSA) is 46.2 Å². The second kappa shape index (κ2) is 6.39. The van der Waals surface area contributed by atoms with Gasteiger partial charge in [-0.2, -0.15) is 0 Å². The van der Waals surface area contributed by atoms with Gasteiger partial charge in [-0.1, -0.05) is 25.3 Å². The molecule has 1 aromatic rings. The molecule has 1 atom stereocenters. The van der Waals surface area contributed by atoms with Crippen LogP contribution in [0.4, 0.5) is 4.39 Å². The summed E-state index contributed by atoms with van der Waals surface area (Å²) in [7, 11) is 0. The van der Waals surface area contributed by atoms with Crippen molar-refractivity contribution in [3.05, 3.63) is 29.1 Å². The van der Waals surface area contributed by atoms with Crippen molar-refractivity contribution in [2.24, 2.45) is 11.7 Å². The third kappa shape index (κ3) is 2.96. The summed E-state index contributed by atoms with van der Waals surface area (Å²) in [5, 5.41) is 9.96. The first kappa shape index (κ1) is 15.3. The molecular formula is C14H21ClFNO. The van der Waals surface area contributed by atoms with Crippen molar-refractivity contribution in [3.63, 3.8) is 0 Å². The molecule has 4 heteroatoms. The monoisotopic (exact) mass is 273 g/mol. The molecule has 2 rings (SSSR count). The van der Waals surface area contributed by atoms with Crippen molar-refractivity contribution in [2.45, 2.75) is 45.1 Å². The summed E-state index contributed by atoms with van der Waals surface area (Å²) in [5.74, 6) is -0.0554. The predicted molar refractivity (Wildman–Crippen MR) is 73.6 cm³/mol. The van der Waals surface area contributed by atoms with E-state index >= 15 is 0 Å². The van der Waals surface area contributed by atoms with E-state index in [4.69, 9.17) is 5.73 Å². The van der Waals surface area contributed by atoms with Crippen molar-refractivity contribution < 1.29 is 9.50 Å². The van der Waals surface area contributed by atoms with Gasteiger partial charge in [0.1, 0.15) is 11.6 Å². The zero-order valence-electron chi connectivity index (χ0n) is 10.7. The van der Waals surface area contributed by atoms with Crippen LogP contribution in [0, 0.1) is 18.7 Å². The highest BCUT2D eigenvalue weighted by molar-refractivity contribution is 5.85. The molecule has 102 valence electrons. The Kier molecular flexibility index (Phi) is 5.42. The second-order valence-electron chi connectivity index (χ2n) is 5.05. The molecule has 0 radical (unpaired) electrons. The van der Waals surface area contributed by atoms with Crippen LogP contribution in [0.15, 0.2) is 12.1 Å². The Morgan fingerprint density at radius 3 is 2.50 bits per heavy atom. The maximum Gasteiger partial charge on any atom is 0.131 e. The van der Waals surface area contributed by atoms with Crippen LogP contribution in [0.1, 0.15) is 49.3 Å². The minimum atomic E-state index is -0.383. The highest BCUT2D eigenvalue weighted by atomic mass is 35.5. The fourth-order valence-electron chi connectivity index (χ4n) is 2.74. The molecule has 1 saturated carbocycles. The van der Waals surface area contributed by atoms with Gasteiger partial charge in [-0.3, -0.25) is 0 Å². The first-order chi connectivity index (χ1) is 8.11. The number of phenolic OH excluding ortho intramolecular Hbond substituents is 1. The Balaban J connectivity index is 0.00000162. The summed E-state index contributed by atoms with van der Waals surface area (Å²) in [5.41, 5.74) is 7.13. The van der Waals surface area contributed by atoms with Crippen LogP contribution in [0.5, 0.6) is 5.75 Å². The van der Waals surface area contributed by atoms with Gasteiger partial charge in [-0.15, -0.1) is 12.4 Å². The molecule has 0 heterocycles. The van der Waals surface area contributed by atoms with E-state index in [0.717, 1.165) is 25.7 Å². The number of rotatable bonds is 2. The number of aromatic hydroxyl groups is 1. The zero-order valence-corrected chi connectivity index (χ0v) is 11.5. The first-order valence-electron chi connectivity index (χ1n) is 6.35. The van der Waals surface area contributed by atoms with Gasteiger partial charge in [-0.25, -0.2) is 4.39 Å². The van der Waals surface area contributed by atoms with Crippen molar-refractivity contribution in [2.75, 3.05) is 0 Å². The average Bonchev–Trinajstić information content (AvgIpc) is 2.35. The van der Waals surface area contributed by atoms with Gasteiger partial charge in [-0.05, 0) is 37.3 Å². The lowest BCUT2D eigenvalue weighted by Crippen LogP contribution is -2.24. The molecule has 0 unspecified atom stereocenters. The molecule has 2 nitrogen and oxygen atoms in total. The molecule has 0 saturated heterocycles. The fraction of sp³-hybridized carbons (Fsp3) is 0.571. The summed E-state index contributed by atoms with van der Waals surface area (Å²) in [6.07, 6.45) is 5.63. The van der Waals surface area contributed by atoms with Gasteiger partial charge in [0.05, 0.1) is 0 Å². The van der Waals surface area contributed by atoms with E-state index in [1.807, 2.05) is 0 Å². The van der Waals surface area contributed by atoms with Gasteiger partial charge < -0.3 is 10.8 Å². The van der Waals surface area contributed by atoms with Gasteiger partial charge in [0.15, 0.2) is 0 Å². The third-order valence-corrected chi connectivity index (χ3v) is 3.86. The normalized spacial score (nSPS) is 18.2. The number of nitrogens with two attached hydrogens (primary N) is 1. The van der Waals surface area contributed by atoms with E-state index in [0.29, 0.717) is 17.0 Å². The molecule has 0 amide bonds. The van der Waals surface area contributed by atoms with Crippen LogP contribution in [0.3, 0.4) is 0 Å². The molecule has 0 spiro atoms. The van der Waals surface area contributed by atoms with E-state index < -0.39 is 0 Å². The number of benzene rings is 1. The summed E-state index contributed by atoms with van der Waals surface area (Å²) in [6.45, 7) is 1.77. The Morgan fingerprint density at radius 1 is 1.28 bits per heavy atom. The zero-order chi connectivity index (χ0) is 12.4. The predicted octanol–water partition coefficient (Wildman–Crippen LogP) is 3.84. The van der Waals surface area contributed by atoms with Crippen LogP contribution < -0.4 is 5.73 Å². The lowest BCUT2D eigenvalue weighted by Gasteiger charge is -2.28. The molecule has 18 heavy (non-hydrogen) atoms. The standard InChI is InChI=1S/C14H20FNO.ClH/c1-9-7-8-11(15)12(14(9)17)13(16)10-5-3-2-4-6-10;/h7-8,10,13,17H,2-6,16H2,1H3;1H/t13-;/m0./s1. The van der Waals surface area contributed by atoms with Crippen molar-refractivity contribution >= 4 is 12.4 Å². The Morgan fingerprint density at radius 2 is 1.89 bits per heavy atom. The lowest BCUT2D eigenvalue weighted by molar-refractivity contribution is 0.297. The molecule has 0 aliphatic heterocycles. The quantitative estimate of drug-likeness (QED) is 0.860. The Bertz CT molecular complexity index is 405. The number of aryl methyl sites for hydroxylation is 1. The van der Waals surface area contributed by atoms with E-state index in [1.165, 1.54) is 12.5 Å². The van der Waals surface area contributed by atoms with Gasteiger partial charge >= 0.3 is 0 Å². The highest BCUT2D eigenvalue weighted by Gasteiger charge is 2.26. The fourth-order valence-corrected chi connectivity index (χ4v) is 2.74. The van der Waals surface area contributed by atoms with Crippen LogP contribution in [-0.4, -0.2) is 5.11 Å². The van der Waals surface area contributed by atoms with Crippen LogP contribution in [0.25, 0.3) is 0 Å². The van der Waals surface area contributed by atoms with Gasteiger partial charge in [0, 0.05) is 11.6 Å². The number of halogens is 2. The van der Waals surface area contributed by atoms with E-state index in [1.54, 1.807) is 13.0 Å². The van der Waals surface area contributed by atoms with Crippen molar-refractivity contribution in [3.8, 4) is 5.75 Å². The van der Waals surface area contributed by atoms with Crippen LogP contribution >= 0.6 is 12.4 Å². The lowest BCUT2D eigenvalue weighted by atomic mass is 9.81. The Labute approximate surface area is 114 Å². The second-order valence-corrected chi connectivity index (χ2v) is 5.05. The molecular weight excluding hydrogens is 253 g/mol. The molecule has 1 aliphatic carbocycles. The van der Waals surface area contributed by atoms with Crippen molar-refractivity contribution in [1.82, 2.24) is 0 Å². The molecule has 3 N–H and O–H groups in total. The largest absolute Gasteiger partial charge is 0.507 e. The van der Waals surface area contributed by atoms with E-state index in [-0.39, 0.29) is 30.0 Å². The molecule has 1 aromatic carbocycles. The number of phenols is 1. The highest BCUT2D eigenvalue weighted by Crippen LogP contribution is 2.38. The summed E-state index contributed by atoms with van der Waals surface area (Å²) in [6, 6.07) is 2.60. The molecule has 1 fully saturated rings. The molecule has 0 bridgehead atoms. The SMILES string of the molecule is Cc1ccc(F)c([C@@H](N)C2CCCCC2)c1O.Cl. The number of hydrogen-bond donors (Lipinski definition) is 2. The van der Waals surface area contributed by atoms with Gasteiger partial charge in [0.2, 0.25) is 0 Å². The number of hydrogen-bond acceptors (Lipinski definition) is 2. The van der Waals surface area contributed by atoms with Crippen molar-refractivity contribution in [1.29, 1.82) is 0 Å². The van der Waals surface area contributed by atoms with Crippen LogP contribution in [0.2, 0.25) is 0 Å². The minimum absolute atomic E-state index is 0. The summed E-state index contributed by atoms with van der Waals surface area (Å²) in [4.78, 5) is 0. The molecule has 0 aromatic heterocycles. The Hall–Kier alpha value is -0.800. The minimum Gasteiger partial charge on any atom is -0.507 e. The van der Waals surface area contributed by atoms with E-state index in [2.05, 4.69) is 0 Å². The first-order valence-corrected chi connectivity index (χ1v) is 6.35.